The van der Waals surface area contributed by atoms with E-state index in [1.165, 1.54) is 189 Å². The lowest BCUT2D eigenvalue weighted by Gasteiger charge is -2.13. The zero-order chi connectivity index (χ0) is 39.5. The molecule has 2 heteroatoms. The van der Waals surface area contributed by atoms with E-state index in [9.17, 15) is 0 Å². The summed E-state index contributed by atoms with van der Waals surface area (Å²) in [6, 6.07) is 31.5. The monoisotopic (exact) mass is 757 g/mol. The first-order chi connectivity index (χ1) is 27.5. The van der Waals surface area contributed by atoms with Gasteiger partial charge in [0.1, 0.15) is 0 Å². The first kappa shape index (κ1) is 45.2. The summed E-state index contributed by atoms with van der Waals surface area (Å²) < 4.78 is 0. The minimum absolute atomic E-state index is 0.844. The minimum Gasteiger partial charge on any atom is -0.399 e. The van der Waals surface area contributed by atoms with Crippen molar-refractivity contribution in [3.05, 3.63) is 129 Å². The van der Waals surface area contributed by atoms with E-state index in [-0.39, 0.29) is 0 Å². The smallest absolute Gasteiger partial charge is 0.0314 e. The van der Waals surface area contributed by atoms with Crippen molar-refractivity contribution < 1.29 is 0 Å². The summed E-state index contributed by atoms with van der Waals surface area (Å²) in [6.45, 7) is 4.61. The van der Waals surface area contributed by atoms with Gasteiger partial charge in [-0.05, 0) is 133 Å². The maximum atomic E-state index is 5.93. The number of nitrogen functional groups attached to an aromatic ring is 2. The van der Waals surface area contributed by atoms with Gasteiger partial charge in [0.2, 0.25) is 0 Å². The summed E-state index contributed by atoms with van der Waals surface area (Å²) in [6.07, 6.45) is 37.1. The van der Waals surface area contributed by atoms with Crippen molar-refractivity contribution in [3.8, 4) is 0 Å². The number of aryl methyl sites for hydroxylation is 4. The highest BCUT2D eigenvalue weighted by molar-refractivity contribution is 5.43. The van der Waals surface area contributed by atoms with E-state index >= 15 is 0 Å². The molecular weight excluding hydrogens is 677 g/mol. The van der Waals surface area contributed by atoms with Crippen LogP contribution in [0.2, 0.25) is 0 Å². The Bertz CT molecular complexity index is 1460. The van der Waals surface area contributed by atoms with Gasteiger partial charge in [0.15, 0.2) is 0 Å². The Hall–Kier alpha value is -3.52. The van der Waals surface area contributed by atoms with Crippen LogP contribution in [0, 0.1) is 0 Å². The fourth-order valence-corrected chi connectivity index (χ4v) is 8.51. The van der Waals surface area contributed by atoms with E-state index in [1.807, 2.05) is 24.3 Å². The first-order valence-electron chi connectivity index (χ1n) is 23.4. The van der Waals surface area contributed by atoms with Crippen LogP contribution >= 0.6 is 0 Å². The number of rotatable bonds is 31. The zero-order valence-corrected chi connectivity index (χ0v) is 36.0. The molecule has 0 radical (unpaired) electrons. The molecule has 0 amide bonds. The molecule has 0 saturated heterocycles. The largest absolute Gasteiger partial charge is 0.399 e. The van der Waals surface area contributed by atoms with Gasteiger partial charge >= 0.3 is 0 Å². The maximum Gasteiger partial charge on any atom is 0.0314 e. The van der Waals surface area contributed by atoms with Crippen molar-refractivity contribution in [2.24, 2.45) is 0 Å². The fourth-order valence-electron chi connectivity index (χ4n) is 8.51. The summed E-state index contributed by atoms with van der Waals surface area (Å²) in [7, 11) is 0. The predicted octanol–water partition coefficient (Wildman–Crippen LogP) is 15.5. The molecule has 56 heavy (non-hydrogen) atoms. The van der Waals surface area contributed by atoms with E-state index in [1.54, 1.807) is 22.3 Å². The molecule has 0 saturated carbocycles. The highest BCUT2D eigenvalue weighted by Gasteiger charge is 2.08. The molecule has 0 aliphatic heterocycles. The summed E-state index contributed by atoms with van der Waals surface area (Å²) in [5.41, 5.74) is 25.5. The second-order valence-electron chi connectivity index (χ2n) is 17.1. The molecule has 0 fully saturated rings. The van der Waals surface area contributed by atoms with Crippen LogP contribution < -0.4 is 11.5 Å². The summed E-state index contributed by atoms with van der Waals surface area (Å²) in [4.78, 5) is 0. The van der Waals surface area contributed by atoms with E-state index in [4.69, 9.17) is 11.5 Å². The van der Waals surface area contributed by atoms with Crippen LogP contribution in [0.1, 0.15) is 200 Å². The van der Waals surface area contributed by atoms with Crippen LogP contribution in [-0.2, 0) is 38.5 Å². The van der Waals surface area contributed by atoms with E-state index in [2.05, 4.69) is 74.5 Å². The molecular formula is C54H80N2. The van der Waals surface area contributed by atoms with E-state index in [0.717, 1.165) is 24.2 Å². The molecule has 0 unspecified atom stereocenters. The van der Waals surface area contributed by atoms with Crippen molar-refractivity contribution in [2.75, 3.05) is 11.5 Å². The summed E-state index contributed by atoms with van der Waals surface area (Å²) >= 11 is 0. The van der Waals surface area contributed by atoms with Gasteiger partial charge < -0.3 is 11.5 Å². The standard InChI is InChI=1S/C54H80N2/c1-3-5-7-17-23-27-51-43-47(41-45-31-37-53(55)38-32-45)29-35-49(51)25-21-19-15-13-11-9-10-12-14-16-20-22-26-50-36-30-48(42-46-33-39-54(56)40-34-46)44-52(50)28-24-18-8-6-4-2/h29-40,43-44H,3-28,41-42,55-56H2,1-2H3. The van der Waals surface area contributed by atoms with Crippen molar-refractivity contribution in [1.82, 2.24) is 0 Å². The molecule has 4 rings (SSSR count). The van der Waals surface area contributed by atoms with E-state index in [0.29, 0.717) is 0 Å². The van der Waals surface area contributed by atoms with Gasteiger partial charge in [0.25, 0.3) is 0 Å². The van der Waals surface area contributed by atoms with Crippen LogP contribution in [0.15, 0.2) is 84.9 Å². The predicted molar refractivity (Wildman–Crippen MR) is 248 cm³/mol. The van der Waals surface area contributed by atoms with Gasteiger partial charge in [0, 0.05) is 11.4 Å². The number of hydrogen-bond donors (Lipinski definition) is 2. The molecule has 306 valence electrons. The Morgan fingerprint density at radius 2 is 0.554 bits per heavy atom. The molecule has 0 spiro atoms. The lowest BCUT2D eigenvalue weighted by Crippen LogP contribution is -1.99. The number of anilines is 2. The van der Waals surface area contributed by atoms with Crippen molar-refractivity contribution >= 4 is 11.4 Å². The van der Waals surface area contributed by atoms with Gasteiger partial charge in [-0.25, -0.2) is 0 Å². The third kappa shape index (κ3) is 18.6. The van der Waals surface area contributed by atoms with Gasteiger partial charge in [-0.1, -0.05) is 190 Å². The average molecular weight is 757 g/mol. The second-order valence-corrected chi connectivity index (χ2v) is 17.1. The van der Waals surface area contributed by atoms with E-state index < -0.39 is 0 Å². The quantitative estimate of drug-likeness (QED) is 0.0397. The number of unbranched alkanes of at least 4 members (excludes halogenated alkanes) is 19. The third-order valence-corrected chi connectivity index (χ3v) is 12.1. The Labute approximate surface area is 344 Å². The Morgan fingerprint density at radius 3 is 0.875 bits per heavy atom. The van der Waals surface area contributed by atoms with Crippen molar-refractivity contribution in [3.63, 3.8) is 0 Å². The normalized spacial score (nSPS) is 11.4. The molecule has 4 aromatic rings. The lowest BCUT2D eigenvalue weighted by atomic mass is 9.92. The maximum absolute atomic E-state index is 5.93. The first-order valence-corrected chi connectivity index (χ1v) is 23.4. The zero-order valence-electron chi connectivity index (χ0n) is 36.0. The van der Waals surface area contributed by atoms with Gasteiger partial charge in [-0.3, -0.25) is 0 Å². The van der Waals surface area contributed by atoms with Crippen LogP contribution in [-0.4, -0.2) is 0 Å². The SMILES string of the molecule is CCCCCCCc1cc(Cc2ccc(N)cc2)ccc1CCCCCCCCCCCCCCc1ccc(Cc2ccc(N)cc2)cc1CCCCCCC. The van der Waals surface area contributed by atoms with Crippen LogP contribution in [0.4, 0.5) is 11.4 Å². The number of nitrogens with two attached hydrogens (primary N) is 2. The van der Waals surface area contributed by atoms with Gasteiger partial charge in [-0.15, -0.1) is 0 Å². The molecule has 0 aromatic heterocycles. The average Bonchev–Trinajstić information content (AvgIpc) is 3.21. The number of hydrogen-bond acceptors (Lipinski definition) is 2. The molecule has 0 aliphatic carbocycles. The molecule has 4 aromatic carbocycles. The molecule has 4 N–H and O–H groups in total. The molecule has 0 heterocycles. The molecule has 0 bridgehead atoms. The Morgan fingerprint density at radius 1 is 0.286 bits per heavy atom. The summed E-state index contributed by atoms with van der Waals surface area (Å²) in [5, 5.41) is 0. The minimum atomic E-state index is 0.844. The molecule has 0 aliphatic rings. The van der Waals surface area contributed by atoms with Crippen LogP contribution in [0.3, 0.4) is 0 Å². The summed E-state index contributed by atoms with van der Waals surface area (Å²) in [5.74, 6) is 0. The van der Waals surface area contributed by atoms with Gasteiger partial charge in [0.05, 0.1) is 0 Å². The topological polar surface area (TPSA) is 52.0 Å². The molecule has 0 atom stereocenters. The Kier molecular flexibility index (Phi) is 22.6. The second kappa shape index (κ2) is 28.0. The van der Waals surface area contributed by atoms with Crippen LogP contribution in [0.5, 0.6) is 0 Å². The highest BCUT2D eigenvalue weighted by atomic mass is 14.5. The highest BCUT2D eigenvalue weighted by Crippen LogP contribution is 2.24. The van der Waals surface area contributed by atoms with Crippen molar-refractivity contribution in [2.45, 2.75) is 194 Å². The fraction of sp³-hybridized carbons (Fsp3) is 0.556. The lowest BCUT2D eigenvalue weighted by molar-refractivity contribution is 0.540. The van der Waals surface area contributed by atoms with Gasteiger partial charge in [-0.2, -0.15) is 0 Å². The third-order valence-electron chi connectivity index (χ3n) is 12.1. The molecule has 2 nitrogen and oxygen atoms in total. The number of benzene rings is 4. The Balaban J connectivity index is 1.07. The van der Waals surface area contributed by atoms with Crippen LogP contribution in [0.25, 0.3) is 0 Å². The van der Waals surface area contributed by atoms with Crippen molar-refractivity contribution in [1.29, 1.82) is 0 Å².